The van der Waals surface area contributed by atoms with Crippen molar-refractivity contribution in [3.05, 3.63) is 28.7 Å². The molecule has 0 aromatic carbocycles. The Morgan fingerprint density at radius 3 is 2.62 bits per heavy atom. The minimum Gasteiger partial charge on any atom is -0.388 e. The molecule has 1 saturated carbocycles. The van der Waals surface area contributed by atoms with Gasteiger partial charge in [-0.2, -0.15) is 17.7 Å². The normalized spacial score (nSPS) is 26.8. The Morgan fingerprint density at radius 1 is 1.28 bits per heavy atom. The smallest absolute Gasteiger partial charge is 0.276 e. The number of pyridine rings is 1. The van der Waals surface area contributed by atoms with E-state index < -0.39 is 15.8 Å². The summed E-state index contributed by atoms with van der Waals surface area (Å²) in [5.41, 5.74) is -0.670. The van der Waals surface area contributed by atoms with E-state index in [-0.39, 0.29) is 17.6 Å². The second kappa shape index (κ2) is 7.31. The largest absolute Gasteiger partial charge is 0.388 e. The third-order valence-electron chi connectivity index (χ3n) is 6.00. The molecule has 158 valence electrons. The molecule has 0 unspecified atom stereocenters. The Labute approximate surface area is 168 Å². The molecule has 2 fully saturated rings. The van der Waals surface area contributed by atoms with Crippen molar-refractivity contribution in [3.8, 4) is 0 Å². The van der Waals surface area contributed by atoms with E-state index in [1.165, 1.54) is 10.4 Å². The number of rotatable bonds is 4. The number of aromatic nitrogens is 3. The SMILES string of the molecule is C[C@@]1(O)CCC[C@H]1n1c(=O)ccc2cnc(NC3CCN(S(N)(=O)=O)CC3)nc21. The summed E-state index contributed by atoms with van der Waals surface area (Å²) < 4.78 is 25.7. The highest BCUT2D eigenvalue weighted by Gasteiger charge is 2.39. The van der Waals surface area contributed by atoms with Gasteiger partial charge >= 0.3 is 0 Å². The first-order valence-electron chi connectivity index (χ1n) is 9.80. The molecule has 3 heterocycles. The number of piperidine rings is 1. The van der Waals surface area contributed by atoms with Crippen molar-refractivity contribution in [2.45, 2.75) is 56.7 Å². The van der Waals surface area contributed by atoms with Crippen LogP contribution in [0.1, 0.15) is 45.1 Å². The van der Waals surface area contributed by atoms with Crippen LogP contribution in [0.4, 0.5) is 5.95 Å². The summed E-state index contributed by atoms with van der Waals surface area (Å²) in [6.45, 7) is 2.43. The van der Waals surface area contributed by atoms with E-state index in [1.807, 2.05) is 0 Å². The van der Waals surface area contributed by atoms with Crippen molar-refractivity contribution in [2.24, 2.45) is 5.14 Å². The topological polar surface area (TPSA) is 143 Å². The lowest BCUT2D eigenvalue weighted by Gasteiger charge is -2.30. The number of aliphatic hydroxyl groups is 1. The Bertz CT molecular complexity index is 1080. The second-order valence-electron chi connectivity index (χ2n) is 8.14. The number of hydrogen-bond donors (Lipinski definition) is 3. The van der Waals surface area contributed by atoms with E-state index in [1.54, 1.807) is 23.8 Å². The Morgan fingerprint density at radius 2 is 2.00 bits per heavy atom. The van der Waals surface area contributed by atoms with Crippen LogP contribution in [0.5, 0.6) is 0 Å². The average Bonchev–Trinajstić information content (AvgIpc) is 3.00. The van der Waals surface area contributed by atoms with E-state index in [0.29, 0.717) is 50.4 Å². The van der Waals surface area contributed by atoms with Crippen LogP contribution in [0.25, 0.3) is 11.0 Å². The summed E-state index contributed by atoms with van der Waals surface area (Å²) in [6.07, 6.45) is 5.01. The highest BCUT2D eigenvalue weighted by Crippen LogP contribution is 2.39. The summed E-state index contributed by atoms with van der Waals surface area (Å²) >= 11 is 0. The van der Waals surface area contributed by atoms with E-state index >= 15 is 0 Å². The molecular weight excluding hydrogens is 396 g/mol. The van der Waals surface area contributed by atoms with Gasteiger partial charge in [0.2, 0.25) is 5.95 Å². The Balaban J connectivity index is 1.61. The zero-order valence-electron chi connectivity index (χ0n) is 16.3. The third-order valence-corrected chi connectivity index (χ3v) is 7.09. The standard InChI is InChI=1S/C18H26N6O4S/c1-18(26)8-2-3-14(18)24-15(25)5-4-12-11-20-17(22-16(12)24)21-13-6-9-23(10-7-13)29(19,27)28/h4-5,11,13-14,26H,2-3,6-10H2,1H3,(H2,19,27,28)(H,20,21,22)/t14-,18-/m1/s1. The number of fused-ring (bicyclic) bond motifs is 1. The minimum atomic E-state index is -3.67. The second-order valence-corrected chi connectivity index (χ2v) is 9.69. The monoisotopic (exact) mass is 422 g/mol. The summed E-state index contributed by atoms with van der Waals surface area (Å²) in [4.78, 5) is 21.6. The molecule has 2 aromatic heterocycles. The lowest BCUT2D eigenvalue weighted by atomic mass is 10.00. The fraction of sp³-hybridized carbons (Fsp3) is 0.611. The van der Waals surface area contributed by atoms with Crippen LogP contribution >= 0.6 is 0 Å². The first-order chi connectivity index (χ1) is 13.6. The lowest BCUT2D eigenvalue weighted by Crippen LogP contribution is -2.45. The number of hydrogen-bond acceptors (Lipinski definition) is 7. The molecule has 0 radical (unpaired) electrons. The van der Waals surface area contributed by atoms with Gasteiger partial charge < -0.3 is 10.4 Å². The van der Waals surface area contributed by atoms with Gasteiger partial charge in [-0.05, 0) is 45.1 Å². The predicted octanol–water partition coefficient (Wildman–Crippen LogP) is 0.347. The van der Waals surface area contributed by atoms with Gasteiger partial charge in [-0.15, -0.1) is 0 Å². The molecule has 2 atom stereocenters. The van der Waals surface area contributed by atoms with E-state index in [9.17, 15) is 18.3 Å². The van der Waals surface area contributed by atoms with Crippen LogP contribution in [0, 0.1) is 0 Å². The molecule has 10 nitrogen and oxygen atoms in total. The van der Waals surface area contributed by atoms with Crippen LogP contribution in [0.3, 0.4) is 0 Å². The zero-order chi connectivity index (χ0) is 20.8. The quantitative estimate of drug-likeness (QED) is 0.645. The molecule has 29 heavy (non-hydrogen) atoms. The number of nitrogens with one attached hydrogen (secondary N) is 1. The molecule has 0 amide bonds. The summed E-state index contributed by atoms with van der Waals surface area (Å²) in [5.74, 6) is 0.378. The van der Waals surface area contributed by atoms with Crippen LogP contribution in [-0.2, 0) is 10.2 Å². The van der Waals surface area contributed by atoms with Gasteiger partial charge in [0.05, 0.1) is 11.6 Å². The molecule has 1 saturated heterocycles. The highest BCUT2D eigenvalue weighted by molar-refractivity contribution is 7.86. The zero-order valence-corrected chi connectivity index (χ0v) is 17.1. The van der Waals surface area contributed by atoms with Gasteiger partial charge in [0.1, 0.15) is 5.65 Å². The summed E-state index contributed by atoms with van der Waals surface area (Å²) in [7, 11) is -3.67. The molecule has 1 aliphatic carbocycles. The fourth-order valence-electron chi connectivity index (χ4n) is 4.38. The third kappa shape index (κ3) is 4.00. The lowest BCUT2D eigenvalue weighted by molar-refractivity contribution is 0.0267. The van der Waals surface area contributed by atoms with Gasteiger partial charge in [0.25, 0.3) is 15.8 Å². The molecule has 4 N–H and O–H groups in total. The molecular formula is C18H26N6O4S. The maximum Gasteiger partial charge on any atom is 0.276 e. The first-order valence-corrected chi connectivity index (χ1v) is 11.3. The predicted molar refractivity (Wildman–Crippen MR) is 109 cm³/mol. The van der Waals surface area contributed by atoms with Gasteiger partial charge in [0.15, 0.2) is 0 Å². The van der Waals surface area contributed by atoms with Gasteiger partial charge in [0, 0.05) is 36.8 Å². The molecule has 0 bridgehead atoms. The molecule has 11 heteroatoms. The maximum absolute atomic E-state index is 12.6. The Kier molecular flexibility index (Phi) is 5.09. The average molecular weight is 423 g/mol. The van der Waals surface area contributed by atoms with Gasteiger partial charge in [-0.25, -0.2) is 10.1 Å². The van der Waals surface area contributed by atoms with Crippen molar-refractivity contribution in [1.82, 2.24) is 18.8 Å². The summed E-state index contributed by atoms with van der Waals surface area (Å²) in [5, 5.41) is 19.9. The molecule has 0 spiro atoms. The van der Waals surface area contributed by atoms with Crippen molar-refractivity contribution in [2.75, 3.05) is 18.4 Å². The van der Waals surface area contributed by atoms with Crippen molar-refractivity contribution < 1.29 is 13.5 Å². The van der Waals surface area contributed by atoms with Gasteiger partial charge in [-0.1, -0.05) is 0 Å². The molecule has 2 aliphatic rings. The maximum atomic E-state index is 12.6. The minimum absolute atomic E-state index is 0.00363. The van der Waals surface area contributed by atoms with E-state index in [4.69, 9.17) is 5.14 Å². The Hall–Kier alpha value is -2.08. The van der Waals surface area contributed by atoms with Crippen molar-refractivity contribution in [1.29, 1.82) is 0 Å². The van der Waals surface area contributed by atoms with E-state index in [2.05, 4.69) is 15.3 Å². The van der Waals surface area contributed by atoms with Crippen molar-refractivity contribution >= 4 is 27.2 Å². The molecule has 2 aromatic rings. The molecule has 1 aliphatic heterocycles. The fourth-order valence-corrected chi connectivity index (χ4v) is 5.10. The summed E-state index contributed by atoms with van der Waals surface area (Å²) in [6, 6.07) is 2.84. The molecule has 4 rings (SSSR count). The van der Waals surface area contributed by atoms with Crippen LogP contribution in [0.15, 0.2) is 23.1 Å². The number of nitrogens with two attached hydrogens (primary N) is 1. The van der Waals surface area contributed by atoms with Gasteiger partial charge in [-0.3, -0.25) is 9.36 Å². The highest BCUT2D eigenvalue weighted by atomic mass is 32.2. The van der Waals surface area contributed by atoms with Crippen LogP contribution in [-0.4, -0.2) is 57.1 Å². The number of nitrogens with zero attached hydrogens (tertiary/aromatic N) is 4. The van der Waals surface area contributed by atoms with Crippen LogP contribution < -0.4 is 16.0 Å². The van der Waals surface area contributed by atoms with Crippen LogP contribution in [0.2, 0.25) is 0 Å². The first kappa shape index (κ1) is 20.2. The van der Waals surface area contributed by atoms with Crippen molar-refractivity contribution in [3.63, 3.8) is 0 Å². The van der Waals surface area contributed by atoms with E-state index in [0.717, 1.165) is 11.8 Å². The number of anilines is 1.